The molecule has 1 aliphatic carbocycles. The van der Waals surface area contributed by atoms with Gasteiger partial charge in [0, 0.05) is 25.6 Å². The molecule has 2 rings (SSSR count). The lowest BCUT2D eigenvalue weighted by Gasteiger charge is -2.21. The summed E-state index contributed by atoms with van der Waals surface area (Å²) in [5.41, 5.74) is -0.465. The van der Waals surface area contributed by atoms with Crippen LogP contribution in [-0.4, -0.2) is 42.1 Å². The monoisotopic (exact) mass is 268 g/mol. The Morgan fingerprint density at radius 3 is 2.53 bits per heavy atom. The van der Waals surface area contributed by atoms with Gasteiger partial charge in [-0.05, 0) is 46.0 Å². The van der Waals surface area contributed by atoms with Gasteiger partial charge >= 0.3 is 6.09 Å². The lowest BCUT2D eigenvalue weighted by molar-refractivity contribution is -0.131. The van der Waals surface area contributed by atoms with Crippen molar-refractivity contribution in [3.8, 4) is 0 Å². The first-order valence-electron chi connectivity index (χ1n) is 7.11. The van der Waals surface area contributed by atoms with E-state index in [1.165, 1.54) is 0 Å². The zero-order valence-corrected chi connectivity index (χ0v) is 12.1. The first kappa shape index (κ1) is 14.2. The Bertz CT molecular complexity index is 358. The van der Waals surface area contributed by atoms with Gasteiger partial charge in [-0.3, -0.25) is 4.79 Å². The second-order valence-electron chi connectivity index (χ2n) is 6.60. The van der Waals surface area contributed by atoms with E-state index in [0.717, 1.165) is 32.4 Å². The molecule has 1 heterocycles. The van der Waals surface area contributed by atoms with Gasteiger partial charge in [-0.15, -0.1) is 0 Å². The highest BCUT2D eigenvalue weighted by atomic mass is 16.6. The molecule has 0 bridgehead atoms. The summed E-state index contributed by atoms with van der Waals surface area (Å²) in [5, 5.41) is 2.79. The average Bonchev–Trinajstić information content (AvgIpc) is 3.02. The van der Waals surface area contributed by atoms with Crippen LogP contribution >= 0.6 is 0 Å². The summed E-state index contributed by atoms with van der Waals surface area (Å²) >= 11 is 0. The molecule has 0 aromatic rings. The molecule has 0 radical (unpaired) electrons. The standard InChI is InChI=1S/C14H24N2O3/c1-14(2,3)19-13(18)15-8-10-6-7-16(9-10)12(17)11-4-5-11/h10-11H,4-9H2,1-3H3,(H,15,18)/t10-/m1/s1. The number of likely N-dealkylation sites (tertiary alicyclic amines) is 1. The van der Waals surface area contributed by atoms with Crippen LogP contribution in [0.5, 0.6) is 0 Å². The third kappa shape index (κ3) is 4.40. The summed E-state index contributed by atoms with van der Waals surface area (Å²) in [6.45, 7) is 7.72. The van der Waals surface area contributed by atoms with Crippen LogP contribution in [0.15, 0.2) is 0 Å². The summed E-state index contributed by atoms with van der Waals surface area (Å²) in [4.78, 5) is 25.4. The molecule has 5 nitrogen and oxygen atoms in total. The van der Waals surface area contributed by atoms with Crippen molar-refractivity contribution in [1.82, 2.24) is 10.2 Å². The summed E-state index contributed by atoms with van der Waals surface area (Å²) < 4.78 is 5.19. The van der Waals surface area contributed by atoms with E-state index in [2.05, 4.69) is 5.32 Å². The molecule has 19 heavy (non-hydrogen) atoms. The molecule has 2 aliphatic rings. The Morgan fingerprint density at radius 2 is 1.95 bits per heavy atom. The molecule has 0 spiro atoms. The van der Waals surface area contributed by atoms with Gasteiger partial charge in [-0.1, -0.05) is 0 Å². The summed E-state index contributed by atoms with van der Waals surface area (Å²) in [6, 6.07) is 0. The van der Waals surface area contributed by atoms with E-state index in [1.54, 1.807) is 0 Å². The lowest BCUT2D eigenvalue weighted by atomic mass is 10.1. The van der Waals surface area contributed by atoms with Crippen LogP contribution in [-0.2, 0) is 9.53 Å². The molecular weight excluding hydrogens is 244 g/mol. The van der Waals surface area contributed by atoms with E-state index in [1.807, 2.05) is 25.7 Å². The second kappa shape index (κ2) is 5.39. The molecule has 1 N–H and O–H groups in total. The fourth-order valence-corrected chi connectivity index (χ4v) is 2.33. The van der Waals surface area contributed by atoms with Crippen LogP contribution in [0.1, 0.15) is 40.0 Å². The van der Waals surface area contributed by atoms with Crippen molar-refractivity contribution in [2.24, 2.45) is 11.8 Å². The zero-order chi connectivity index (χ0) is 14.0. The van der Waals surface area contributed by atoms with E-state index in [9.17, 15) is 9.59 Å². The normalized spacial score (nSPS) is 23.3. The van der Waals surface area contributed by atoms with Crippen molar-refractivity contribution in [2.75, 3.05) is 19.6 Å². The number of nitrogens with zero attached hydrogens (tertiary/aromatic N) is 1. The molecule has 0 aromatic carbocycles. The van der Waals surface area contributed by atoms with E-state index in [0.29, 0.717) is 18.4 Å². The molecule has 2 fully saturated rings. The van der Waals surface area contributed by atoms with Gasteiger partial charge in [0.05, 0.1) is 0 Å². The average molecular weight is 268 g/mol. The van der Waals surface area contributed by atoms with Crippen LogP contribution in [0, 0.1) is 11.8 Å². The largest absolute Gasteiger partial charge is 0.444 e. The van der Waals surface area contributed by atoms with Crippen LogP contribution in [0.3, 0.4) is 0 Å². The Hall–Kier alpha value is -1.26. The topological polar surface area (TPSA) is 58.6 Å². The molecule has 0 unspecified atom stereocenters. The molecule has 0 aromatic heterocycles. The van der Waals surface area contributed by atoms with Gasteiger partial charge in [0.2, 0.25) is 5.91 Å². The number of amides is 2. The van der Waals surface area contributed by atoms with Gasteiger partial charge in [-0.25, -0.2) is 4.79 Å². The number of hydrogen-bond donors (Lipinski definition) is 1. The number of alkyl carbamates (subject to hydrolysis) is 1. The van der Waals surface area contributed by atoms with E-state index in [-0.39, 0.29) is 12.0 Å². The van der Waals surface area contributed by atoms with Crippen LogP contribution < -0.4 is 5.32 Å². The predicted octanol–water partition coefficient (Wildman–Crippen LogP) is 1.77. The predicted molar refractivity (Wildman–Crippen MR) is 71.6 cm³/mol. The van der Waals surface area contributed by atoms with E-state index in [4.69, 9.17) is 4.74 Å². The van der Waals surface area contributed by atoms with E-state index >= 15 is 0 Å². The van der Waals surface area contributed by atoms with Gasteiger partial charge in [0.15, 0.2) is 0 Å². The molecule has 1 saturated heterocycles. The van der Waals surface area contributed by atoms with Crippen LogP contribution in [0.4, 0.5) is 4.79 Å². The maximum absolute atomic E-state index is 11.9. The summed E-state index contributed by atoms with van der Waals surface area (Å²) in [6.07, 6.45) is 2.69. The molecule has 1 atom stereocenters. The van der Waals surface area contributed by atoms with Crippen molar-refractivity contribution in [2.45, 2.75) is 45.6 Å². The molecule has 1 aliphatic heterocycles. The van der Waals surface area contributed by atoms with Crippen molar-refractivity contribution in [3.05, 3.63) is 0 Å². The number of carbonyl (C=O) groups excluding carboxylic acids is 2. The highest BCUT2D eigenvalue weighted by Gasteiger charge is 2.36. The number of nitrogens with one attached hydrogen (secondary N) is 1. The fraction of sp³-hybridized carbons (Fsp3) is 0.857. The minimum atomic E-state index is -0.465. The third-order valence-corrected chi connectivity index (χ3v) is 3.46. The zero-order valence-electron chi connectivity index (χ0n) is 12.1. The highest BCUT2D eigenvalue weighted by Crippen LogP contribution is 2.32. The minimum absolute atomic E-state index is 0.289. The van der Waals surface area contributed by atoms with Gasteiger partial charge < -0.3 is 15.0 Å². The Kier molecular flexibility index (Phi) is 4.02. The van der Waals surface area contributed by atoms with Crippen molar-refractivity contribution >= 4 is 12.0 Å². The first-order valence-corrected chi connectivity index (χ1v) is 7.11. The number of ether oxygens (including phenoxy) is 1. The first-order chi connectivity index (χ1) is 8.85. The van der Waals surface area contributed by atoms with Gasteiger partial charge in [-0.2, -0.15) is 0 Å². The van der Waals surface area contributed by atoms with Gasteiger partial charge in [0.25, 0.3) is 0 Å². The third-order valence-electron chi connectivity index (χ3n) is 3.46. The molecule has 1 saturated carbocycles. The van der Waals surface area contributed by atoms with Crippen molar-refractivity contribution < 1.29 is 14.3 Å². The molecule has 5 heteroatoms. The molecule has 2 amide bonds. The van der Waals surface area contributed by atoms with Crippen molar-refractivity contribution in [1.29, 1.82) is 0 Å². The Morgan fingerprint density at radius 1 is 1.26 bits per heavy atom. The Labute approximate surface area is 114 Å². The summed E-state index contributed by atoms with van der Waals surface area (Å²) in [5.74, 6) is 0.951. The van der Waals surface area contributed by atoms with Crippen LogP contribution in [0.25, 0.3) is 0 Å². The number of rotatable bonds is 3. The SMILES string of the molecule is CC(C)(C)OC(=O)NC[C@H]1CCN(C(=O)C2CC2)C1. The molecule has 108 valence electrons. The van der Waals surface area contributed by atoms with Crippen molar-refractivity contribution in [3.63, 3.8) is 0 Å². The highest BCUT2D eigenvalue weighted by molar-refractivity contribution is 5.81. The van der Waals surface area contributed by atoms with Gasteiger partial charge in [0.1, 0.15) is 5.60 Å². The summed E-state index contributed by atoms with van der Waals surface area (Å²) in [7, 11) is 0. The lowest BCUT2D eigenvalue weighted by Crippen LogP contribution is -2.36. The second-order valence-corrected chi connectivity index (χ2v) is 6.60. The smallest absolute Gasteiger partial charge is 0.407 e. The van der Waals surface area contributed by atoms with E-state index < -0.39 is 5.60 Å². The minimum Gasteiger partial charge on any atom is -0.444 e. The number of hydrogen-bond acceptors (Lipinski definition) is 3. The maximum atomic E-state index is 11.9. The fourth-order valence-electron chi connectivity index (χ4n) is 2.33. The number of carbonyl (C=O) groups is 2. The van der Waals surface area contributed by atoms with Crippen LogP contribution in [0.2, 0.25) is 0 Å². The maximum Gasteiger partial charge on any atom is 0.407 e. The quantitative estimate of drug-likeness (QED) is 0.848. The Balaban J connectivity index is 1.67. The molecular formula is C14H24N2O3.